The lowest BCUT2D eigenvalue weighted by molar-refractivity contribution is 0.0954. The average molecular weight is 284 g/mol. The molecule has 0 aliphatic heterocycles. The van der Waals surface area contributed by atoms with Crippen LogP contribution >= 0.6 is 0 Å². The highest BCUT2D eigenvalue weighted by molar-refractivity contribution is 6.01. The fourth-order valence-corrected chi connectivity index (χ4v) is 1.76. The van der Waals surface area contributed by atoms with Crippen molar-refractivity contribution < 1.29 is 14.6 Å². The van der Waals surface area contributed by atoms with Crippen LogP contribution < -0.4 is 10.2 Å². The molecule has 2 aromatic carbocycles. The number of carbonyl (C=O) groups is 1. The third kappa shape index (κ3) is 3.82. The SMILES string of the molecule is COc1cccc(/C(C)=N\NC(=O)c2cccc(O)c2)c1. The highest BCUT2D eigenvalue weighted by atomic mass is 16.5. The summed E-state index contributed by atoms with van der Waals surface area (Å²) in [7, 11) is 1.59. The first kappa shape index (κ1) is 14.6. The molecule has 0 saturated carbocycles. The lowest BCUT2D eigenvalue weighted by Crippen LogP contribution is -2.19. The summed E-state index contributed by atoms with van der Waals surface area (Å²) in [6.07, 6.45) is 0. The van der Waals surface area contributed by atoms with Crippen LogP contribution in [0.4, 0.5) is 0 Å². The van der Waals surface area contributed by atoms with Crippen LogP contribution in [-0.2, 0) is 0 Å². The molecule has 0 fully saturated rings. The van der Waals surface area contributed by atoms with Gasteiger partial charge in [-0.25, -0.2) is 5.43 Å². The molecule has 0 atom stereocenters. The van der Waals surface area contributed by atoms with E-state index >= 15 is 0 Å². The lowest BCUT2D eigenvalue weighted by atomic mass is 10.1. The summed E-state index contributed by atoms with van der Waals surface area (Å²) in [5.41, 5.74) is 4.31. The molecule has 2 rings (SSSR count). The Morgan fingerprint density at radius 3 is 2.57 bits per heavy atom. The van der Waals surface area contributed by atoms with Crippen molar-refractivity contribution in [2.75, 3.05) is 7.11 Å². The van der Waals surface area contributed by atoms with Crippen molar-refractivity contribution in [2.45, 2.75) is 6.92 Å². The van der Waals surface area contributed by atoms with E-state index < -0.39 is 0 Å². The highest BCUT2D eigenvalue weighted by Crippen LogP contribution is 2.13. The van der Waals surface area contributed by atoms with E-state index in [1.165, 1.54) is 12.1 Å². The van der Waals surface area contributed by atoms with Crippen molar-refractivity contribution in [1.29, 1.82) is 0 Å². The van der Waals surface area contributed by atoms with E-state index in [9.17, 15) is 9.90 Å². The number of hydrogen-bond acceptors (Lipinski definition) is 4. The summed E-state index contributed by atoms with van der Waals surface area (Å²) in [6, 6.07) is 13.5. The van der Waals surface area contributed by atoms with Gasteiger partial charge in [-0.05, 0) is 37.3 Å². The zero-order chi connectivity index (χ0) is 15.2. The third-order valence-electron chi connectivity index (χ3n) is 2.92. The van der Waals surface area contributed by atoms with Gasteiger partial charge in [-0.1, -0.05) is 18.2 Å². The van der Waals surface area contributed by atoms with E-state index in [1.54, 1.807) is 26.2 Å². The molecule has 0 saturated heterocycles. The Balaban J connectivity index is 2.11. The molecule has 0 aromatic heterocycles. The number of aromatic hydroxyl groups is 1. The number of phenols is 1. The molecule has 2 N–H and O–H groups in total. The predicted molar refractivity (Wildman–Crippen MR) is 80.8 cm³/mol. The summed E-state index contributed by atoms with van der Waals surface area (Å²) >= 11 is 0. The van der Waals surface area contributed by atoms with Gasteiger partial charge in [-0.15, -0.1) is 0 Å². The van der Waals surface area contributed by atoms with Crippen LogP contribution in [0.3, 0.4) is 0 Å². The zero-order valence-corrected chi connectivity index (χ0v) is 11.8. The molecule has 0 aliphatic rings. The molecule has 0 spiro atoms. The van der Waals surface area contributed by atoms with Gasteiger partial charge < -0.3 is 9.84 Å². The van der Waals surface area contributed by atoms with Gasteiger partial charge in [0.2, 0.25) is 0 Å². The minimum Gasteiger partial charge on any atom is -0.508 e. The summed E-state index contributed by atoms with van der Waals surface area (Å²) in [4.78, 5) is 11.9. The van der Waals surface area contributed by atoms with Crippen molar-refractivity contribution in [1.82, 2.24) is 5.43 Å². The summed E-state index contributed by atoms with van der Waals surface area (Å²) in [5, 5.41) is 13.4. The minimum absolute atomic E-state index is 0.0381. The maximum absolute atomic E-state index is 11.9. The lowest BCUT2D eigenvalue weighted by Gasteiger charge is -2.05. The zero-order valence-electron chi connectivity index (χ0n) is 11.8. The van der Waals surface area contributed by atoms with Crippen LogP contribution in [0.25, 0.3) is 0 Å². The average Bonchev–Trinajstić information content (AvgIpc) is 2.52. The van der Waals surface area contributed by atoms with Gasteiger partial charge in [0.05, 0.1) is 12.8 Å². The fraction of sp³-hybridized carbons (Fsp3) is 0.125. The second kappa shape index (κ2) is 6.56. The molecule has 0 heterocycles. The molecule has 0 unspecified atom stereocenters. The second-order valence-corrected chi connectivity index (χ2v) is 4.42. The van der Waals surface area contributed by atoms with Crippen LogP contribution in [0.15, 0.2) is 53.6 Å². The topological polar surface area (TPSA) is 70.9 Å². The molecule has 108 valence electrons. The van der Waals surface area contributed by atoms with Crippen LogP contribution in [-0.4, -0.2) is 23.8 Å². The fourth-order valence-electron chi connectivity index (χ4n) is 1.76. The van der Waals surface area contributed by atoms with Crippen molar-refractivity contribution >= 4 is 11.6 Å². The molecule has 5 nitrogen and oxygen atoms in total. The summed E-state index contributed by atoms with van der Waals surface area (Å²) in [6.45, 7) is 1.79. The monoisotopic (exact) mass is 284 g/mol. The number of rotatable bonds is 4. The van der Waals surface area contributed by atoms with Crippen molar-refractivity contribution in [3.63, 3.8) is 0 Å². The Morgan fingerprint density at radius 1 is 1.14 bits per heavy atom. The van der Waals surface area contributed by atoms with Crippen LogP contribution in [0, 0.1) is 0 Å². The number of benzene rings is 2. The van der Waals surface area contributed by atoms with Crippen LogP contribution in [0.1, 0.15) is 22.8 Å². The van der Waals surface area contributed by atoms with Gasteiger partial charge in [-0.3, -0.25) is 4.79 Å². The van der Waals surface area contributed by atoms with Crippen molar-refractivity contribution in [3.05, 3.63) is 59.7 Å². The number of nitrogens with one attached hydrogen (secondary N) is 1. The largest absolute Gasteiger partial charge is 0.508 e. The standard InChI is InChI=1S/C16H16N2O3/c1-11(12-5-4-8-15(10-12)21-2)17-18-16(20)13-6-3-7-14(19)9-13/h3-10,19H,1-2H3,(H,18,20)/b17-11-. The van der Waals surface area contributed by atoms with Crippen LogP contribution in [0.2, 0.25) is 0 Å². The summed E-state index contributed by atoms with van der Waals surface area (Å²) in [5.74, 6) is 0.380. The number of amides is 1. The van der Waals surface area contributed by atoms with Gasteiger partial charge >= 0.3 is 0 Å². The van der Waals surface area contributed by atoms with Gasteiger partial charge in [0.25, 0.3) is 5.91 Å². The van der Waals surface area contributed by atoms with Crippen LogP contribution in [0.5, 0.6) is 11.5 Å². The quantitative estimate of drug-likeness (QED) is 0.669. The first-order valence-corrected chi connectivity index (χ1v) is 6.38. The van der Waals surface area contributed by atoms with E-state index in [0.717, 1.165) is 11.3 Å². The maximum Gasteiger partial charge on any atom is 0.271 e. The Bertz CT molecular complexity index is 681. The smallest absolute Gasteiger partial charge is 0.271 e. The van der Waals surface area contributed by atoms with Crippen molar-refractivity contribution in [3.8, 4) is 11.5 Å². The minimum atomic E-state index is -0.381. The number of hydrogen-bond donors (Lipinski definition) is 2. The number of phenolic OH excluding ortho intramolecular Hbond substituents is 1. The first-order valence-electron chi connectivity index (χ1n) is 6.38. The highest BCUT2D eigenvalue weighted by Gasteiger charge is 2.06. The van der Waals surface area contributed by atoms with Gasteiger partial charge in [0, 0.05) is 11.1 Å². The predicted octanol–water partition coefficient (Wildman–Crippen LogP) is 2.55. The van der Waals surface area contributed by atoms with E-state index in [0.29, 0.717) is 11.3 Å². The van der Waals surface area contributed by atoms with E-state index in [-0.39, 0.29) is 11.7 Å². The summed E-state index contributed by atoms with van der Waals surface area (Å²) < 4.78 is 5.14. The molecule has 0 aliphatic carbocycles. The Kier molecular flexibility index (Phi) is 4.56. The van der Waals surface area contributed by atoms with E-state index in [2.05, 4.69) is 10.5 Å². The molecular weight excluding hydrogens is 268 g/mol. The Hall–Kier alpha value is -2.82. The molecular formula is C16H16N2O3. The molecule has 21 heavy (non-hydrogen) atoms. The second-order valence-electron chi connectivity index (χ2n) is 4.42. The molecule has 1 amide bonds. The molecule has 5 heteroatoms. The number of methoxy groups -OCH3 is 1. The molecule has 0 radical (unpaired) electrons. The van der Waals surface area contributed by atoms with Crippen molar-refractivity contribution in [2.24, 2.45) is 5.10 Å². The van der Waals surface area contributed by atoms with E-state index in [1.807, 2.05) is 24.3 Å². The Morgan fingerprint density at radius 2 is 1.86 bits per heavy atom. The molecule has 0 bridgehead atoms. The Labute approximate surface area is 122 Å². The van der Waals surface area contributed by atoms with Gasteiger partial charge in [0.1, 0.15) is 11.5 Å². The first-order chi connectivity index (χ1) is 10.1. The number of ether oxygens (including phenoxy) is 1. The van der Waals surface area contributed by atoms with Gasteiger partial charge in [-0.2, -0.15) is 5.10 Å². The van der Waals surface area contributed by atoms with Gasteiger partial charge in [0.15, 0.2) is 0 Å². The number of nitrogens with zero attached hydrogens (tertiary/aromatic N) is 1. The normalized spacial score (nSPS) is 11.0. The maximum atomic E-state index is 11.9. The number of hydrazone groups is 1. The third-order valence-corrected chi connectivity index (χ3v) is 2.92. The molecule has 2 aromatic rings. The van der Waals surface area contributed by atoms with E-state index in [4.69, 9.17) is 4.74 Å². The number of carbonyl (C=O) groups excluding carboxylic acids is 1.